The number of aromatic nitrogens is 3. The van der Waals surface area contributed by atoms with Gasteiger partial charge in [0, 0.05) is 6.54 Å². The summed E-state index contributed by atoms with van der Waals surface area (Å²) >= 11 is 12.2. The first-order valence-corrected chi connectivity index (χ1v) is 6.48. The van der Waals surface area contributed by atoms with Gasteiger partial charge in [-0.05, 0) is 18.1 Å². The second kappa shape index (κ2) is 5.69. The maximum Gasteiger partial charge on any atom is 0.148 e. The maximum atomic E-state index is 6.20. The molecule has 2 aromatic rings. The van der Waals surface area contributed by atoms with E-state index in [1.807, 2.05) is 12.1 Å². The number of benzene rings is 1. The molecule has 18 heavy (non-hydrogen) atoms. The second-order valence-corrected chi connectivity index (χ2v) is 4.75. The standard InChI is InChI=1S/C12H14Cl2N4/c1-2-6-18-12(16-7-17-18)11(15)8-4-3-5-9(13)10(8)14/h3-5,7,11H,2,6,15H2,1H3. The lowest BCUT2D eigenvalue weighted by atomic mass is 10.1. The molecule has 1 aromatic carbocycles. The highest BCUT2D eigenvalue weighted by Gasteiger charge is 2.19. The topological polar surface area (TPSA) is 56.7 Å². The first-order chi connectivity index (χ1) is 8.65. The monoisotopic (exact) mass is 284 g/mol. The van der Waals surface area contributed by atoms with Crippen LogP contribution >= 0.6 is 23.2 Å². The number of hydrogen-bond donors (Lipinski definition) is 1. The van der Waals surface area contributed by atoms with Crippen LogP contribution in [0.15, 0.2) is 24.5 Å². The third kappa shape index (κ3) is 2.51. The van der Waals surface area contributed by atoms with Gasteiger partial charge in [0.15, 0.2) is 0 Å². The fourth-order valence-electron chi connectivity index (χ4n) is 1.80. The van der Waals surface area contributed by atoms with Crippen LogP contribution in [0.4, 0.5) is 0 Å². The Morgan fingerprint density at radius 1 is 1.39 bits per heavy atom. The first kappa shape index (κ1) is 13.3. The zero-order chi connectivity index (χ0) is 13.1. The van der Waals surface area contributed by atoms with E-state index in [9.17, 15) is 0 Å². The molecular formula is C12H14Cl2N4. The number of aryl methyl sites for hydroxylation is 1. The van der Waals surface area contributed by atoms with Crippen molar-refractivity contribution in [3.05, 3.63) is 46.0 Å². The molecule has 0 radical (unpaired) electrons. The summed E-state index contributed by atoms with van der Waals surface area (Å²) in [5, 5.41) is 5.12. The van der Waals surface area contributed by atoms with Crippen LogP contribution in [0.1, 0.15) is 30.8 Å². The predicted molar refractivity (Wildman–Crippen MR) is 72.8 cm³/mol. The van der Waals surface area contributed by atoms with Gasteiger partial charge in [0.1, 0.15) is 12.2 Å². The summed E-state index contributed by atoms with van der Waals surface area (Å²) in [4.78, 5) is 4.21. The van der Waals surface area contributed by atoms with E-state index in [0.29, 0.717) is 15.9 Å². The molecule has 96 valence electrons. The number of nitrogens with zero attached hydrogens (tertiary/aromatic N) is 3. The molecule has 1 aromatic heterocycles. The molecule has 0 aliphatic rings. The minimum absolute atomic E-state index is 0.426. The van der Waals surface area contributed by atoms with Crippen LogP contribution in [0.2, 0.25) is 10.0 Å². The van der Waals surface area contributed by atoms with Crippen LogP contribution in [0.5, 0.6) is 0 Å². The van der Waals surface area contributed by atoms with Gasteiger partial charge in [-0.2, -0.15) is 5.10 Å². The van der Waals surface area contributed by atoms with Gasteiger partial charge in [-0.15, -0.1) is 0 Å². The van der Waals surface area contributed by atoms with Gasteiger partial charge in [-0.25, -0.2) is 9.67 Å². The molecule has 6 heteroatoms. The van der Waals surface area contributed by atoms with Crippen LogP contribution < -0.4 is 5.73 Å². The summed E-state index contributed by atoms with van der Waals surface area (Å²) in [6.45, 7) is 2.85. The first-order valence-electron chi connectivity index (χ1n) is 5.72. The van der Waals surface area contributed by atoms with E-state index < -0.39 is 6.04 Å². The molecule has 2 N–H and O–H groups in total. The minimum Gasteiger partial charge on any atom is -0.318 e. The molecule has 1 atom stereocenters. The van der Waals surface area contributed by atoms with Crippen molar-refractivity contribution in [2.45, 2.75) is 25.9 Å². The summed E-state index contributed by atoms with van der Waals surface area (Å²) in [5.41, 5.74) is 6.95. The zero-order valence-corrected chi connectivity index (χ0v) is 11.5. The summed E-state index contributed by atoms with van der Waals surface area (Å²) in [5.74, 6) is 0.695. The van der Waals surface area contributed by atoms with E-state index in [-0.39, 0.29) is 0 Å². The number of halogens is 2. The van der Waals surface area contributed by atoms with Crippen molar-refractivity contribution in [3.8, 4) is 0 Å². The van der Waals surface area contributed by atoms with Crippen LogP contribution in [-0.2, 0) is 6.54 Å². The second-order valence-electron chi connectivity index (χ2n) is 3.96. The SMILES string of the molecule is CCCn1ncnc1C(N)c1cccc(Cl)c1Cl. The van der Waals surface area contributed by atoms with E-state index >= 15 is 0 Å². The van der Waals surface area contributed by atoms with Crippen molar-refractivity contribution >= 4 is 23.2 Å². The lowest BCUT2D eigenvalue weighted by Crippen LogP contribution is -2.19. The molecular weight excluding hydrogens is 271 g/mol. The van der Waals surface area contributed by atoms with E-state index in [1.165, 1.54) is 6.33 Å². The van der Waals surface area contributed by atoms with Crippen LogP contribution in [0.25, 0.3) is 0 Å². The van der Waals surface area contributed by atoms with Gasteiger partial charge in [0.2, 0.25) is 0 Å². The van der Waals surface area contributed by atoms with E-state index in [2.05, 4.69) is 17.0 Å². The van der Waals surface area contributed by atoms with Gasteiger partial charge in [-0.3, -0.25) is 0 Å². The molecule has 0 saturated heterocycles. The molecule has 0 saturated carbocycles. The maximum absolute atomic E-state index is 6.20. The smallest absolute Gasteiger partial charge is 0.148 e. The van der Waals surface area contributed by atoms with E-state index in [0.717, 1.165) is 18.5 Å². The molecule has 1 heterocycles. The molecule has 0 aliphatic heterocycles. The number of nitrogens with two attached hydrogens (primary N) is 1. The summed E-state index contributed by atoms with van der Waals surface area (Å²) in [6.07, 6.45) is 2.47. The van der Waals surface area contributed by atoms with Crippen LogP contribution in [-0.4, -0.2) is 14.8 Å². The number of hydrogen-bond acceptors (Lipinski definition) is 3. The Labute approximate surface area is 116 Å². The van der Waals surface area contributed by atoms with Gasteiger partial charge in [0.05, 0.1) is 16.1 Å². The highest BCUT2D eigenvalue weighted by atomic mass is 35.5. The van der Waals surface area contributed by atoms with E-state index in [4.69, 9.17) is 28.9 Å². The van der Waals surface area contributed by atoms with Crippen LogP contribution in [0, 0.1) is 0 Å². The van der Waals surface area contributed by atoms with Crippen molar-refractivity contribution in [2.24, 2.45) is 5.73 Å². The normalized spacial score (nSPS) is 12.7. The average molecular weight is 285 g/mol. The van der Waals surface area contributed by atoms with Gasteiger partial charge in [0.25, 0.3) is 0 Å². The molecule has 0 amide bonds. The van der Waals surface area contributed by atoms with Crippen LogP contribution in [0.3, 0.4) is 0 Å². The van der Waals surface area contributed by atoms with Crippen molar-refractivity contribution in [2.75, 3.05) is 0 Å². The molecule has 0 fully saturated rings. The molecule has 0 aliphatic carbocycles. The van der Waals surface area contributed by atoms with Crippen molar-refractivity contribution < 1.29 is 0 Å². The quantitative estimate of drug-likeness (QED) is 0.939. The third-order valence-electron chi connectivity index (χ3n) is 2.68. The minimum atomic E-state index is -0.426. The zero-order valence-electron chi connectivity index (χ0n) is 9.98. The largest absolute Gasteiger partial charge is 0.318 e. The van der Waals surface area contributed by atoms with Gasteiger partial charge < -0.3 is 5.73 Å². The fraction of sp³-hybridized carbons (Fsp3) is 0.333. The lowest BCUT2D eigenvalue weighted by molar-refractivity contribution is 0.553. The summed E-state index contributed by atoms with van der Waals surface area (Å²) in [7, 11) is 0. The lowest BCUT2D eigenvalue weighted by Gasteiger charge is -2.14. The van der Waals surface area contributed by atoms with Crippen molar-refractivity contribution in [1.82, 2.24) is 14.8 Å². The Bertz CT molecular complexity index is 539. The fourth-order valence-corrected chi connectivity index (χ4v) is 2.22. The highest BCUT2D eigenvalue weighted by molar-refractivity contribution is 6.42. The Hall–Kier alpha value is -1.10. The molecule has 4 nitrogen and oxygen atoms in total. The van der Waals surface area contributed by atoms with Gasteiger partial charge in [-0.1, -0.05) is 42.3 Å². The molecule has 0 spiro atoms. The van der Waals surface area contributed by atoms with E-state index in [1.54, 1.807) is 10.7 Å². The van der Waals surface area contributed by atoms with Gasteiger partial charge >= 0.3 is 0 Å². The Kier molecular flexibility index (Phi) is 4.22. The van der Waals surface area contributed by atoms with Crippen molar-refractivity contribution in [1.29, 1.82) is 0 Å². The average Bonchev–Trinajstić information content (AvgIpc) is 2.80. The summed E-state index contributed by atoms with van der Waals surface area (Å²) in [6, 6.07) is 4.98. The van der Waals surface area contributed by atoms with Crippen molar-refractivity contribution in [3.63, 3.8) is 0 Å². The summed E-state index contributed by atoms with van der Waals surface area (Å²) < 4.78 is 1.79. The Balaban J connectivity index is 2.38. The predicted octanol–water partition coefficient (Wildman–Crippen LogP) is 3.04. The molecule has 1 unspecified atom stereocenters. The Morgan fingerprint density at radius 3 is 2.89 bits per heavy atom. The number of rotatable bonds is 4. The highest BCUT2D eigenvalue weighted by Crippen LogP contribution is 2.31. The molecule has 0 bridgehead atoms. The third-order valence-corrected chi connectivity index (χ3v) is 3.51. The molecule has 2 rings (SSSR count). The Morgan fingerprint density at radius 2 is 2.17 bits per heavy atom.